The van der Waals surface area contributed by atoms with Crippen LogP contribution in [0.2, 0.25) is 0 Å². The molecule has 0 radical (unpaired) electrons. The Hall–Kier alpha value is -1.75. The monoisotopic (exact) mass is 231 g/mol. The van der Waals surface area contributed by atoms with Gasteiger partial charge in [-0.1, -0.05) is 11.3 Å². The molecule has 0 saturated heterocycles. The van der Waals surface area contributed by atoms with Gasteiger partial charge in [-0.3, -0.25) is 4.98 Å². The third kappa shape index (κ3) is 3.64. The van der Waals surface area contributed by atoms with Crippen molar-refractivity contribution in [1.82, 2.24) is 20.0 Å². The molecular formula is C12H17N5. The smallest absolute Gasteiger partial charge is 0.0827 e. The Morgan fingerprint density at radius 3 is 3.00 bits per heavy atom. The zero-order chi connectivity index (χ0) is 11.9. The van der Waals surface area contributed by atoms with E-state index in [1.165, 1.54) is 0 Å². The van der Waals surface area contributed by atoms with Gasteiger partial charge >= 0.3 is 0 Å². The van der Waals surface area contributed by atoms with E-state index >= 15 is 0 Å². The Bertz CT molecular complexity index is 437. The third-order valence-corrected chi connectivity index (χ3v) is 2.54. The van der Waals surface area contributed by atoms with Crippen molar-refractivity contribution in [2.24, 2.45) is 5.73 Å². The van der Waals surface area contributed by atoms with Gasteiger partial charge in [-0.2, -0.15) is 0 Å². The maximum absolute atomic E-state index is 5.45. The molecule has 2 aromatic rings. The van der Waals surface area contributed by atoms with Crippen LogP contribution in [0.3, 0.4) is 0 Å². The van der Waals surface area contributed by atoms with E-state index in [0.29, 0.717) is 0 Å². The summed E-state index contributed by atoms with van der Waals surface area (Å²) in [4.78, 5) is 4.07. The second-order valence-electron chi connectivity index (χ2n) is 4.01. The van der Waals surface area contributed by atoms with Crippen LogP contribution in [0, 0.1) is 0 Å². The minimum Gasteiger partial charge on any atom is -0.330 e. The van der Waals surface area contributed by atoms with Crippen molar-refractivity contribution in [2.45, 2.75) is 25.8 Å². The summed E-state index contributed by atoms with van der Waals surface area (Å²) in [5, 5.41) is 8.23. The third-order valence-electron chi connectivity index (χ3n) is 2.54. The number of hydrogen-bond acceptors (Lipinski definition) is 4. The molecule has 2 rings (SSSR count). The highest BCUT2D eigenvalue weighted by molar-refractivity contribution is 5.09. The highest BCUT2D eigenvalue weighted by atomic mass is 15.4. The predicted molar refractivity (Wildman–Crippen MR) is 65.4 cm³/mol. The summed E-state index contributed by atoms with van der Waals surface area (Å²) in [6.07, 6.45) is 8.66. The topological polar surface area (TPSA) is 69.6 Å². The van der Waals surface area contributed by atoms with E-state index in [-0.39, 0.29) is 0 Å². The fourth-order valence-corrected chi connectivity index (χ4v) is 1.66. The van der Waals surface area contributed by atoms with E-state index < -0.39 is 0 Å². The lowest BCUT2D eigenvalue weighted by Gasteiger charge is -1.98. The van der Waals surface area contributed by atoms with Crippen molar-refractivity contribution in [3.05, 3.63) is 42.0 Å². The maximum Gasteiger partial charge on any atom is 0.0827 e. The quantitative estimate of drug-likeness (QED) is 0.753. The summed E-state index contributed by atoms with van der Waals surface area (Å²) >= 11 is 0. The van der Waals surface area contributed by atoms with E-state index in [1.807, 2.05) is 29.2 Å². The van der Waals surface area contributed by atoms with Gasteiger partial charge in [0, 0.05) is 18.6 Å². The van der Waals surface area contributed by atoms with Crippen molar-refractivity contribution >= 4 is 0 Å². The lowest BCUT2D eigenvalue weighted by Crippen LogP contribution is -2.00. The van der Waals surface area contributed by atoms with Crippen molar-refractivity contribution in [3.8, 4) is 0 Å². The highest BCUT2D eigenvalue weighted by Gasteiger charge is 2.01. The van der Waals surface area contributed by atoms with Crippen LogP contribution in [0.15, 0.2) is 30.7 Å². The molecule has 2 aromatic heterocycles. The molecule has 0 aliphatic carbocycles. The summed E-state index contributed by atoms with van der Waals surface area (Å²) in [5.41, 5.74) is 7.61. The summed E-state index contributed by atoms with van der Waals surface area (Å²) in [5.74, 6) is 0. The first kappa shape index (κ1) is 11.7. The molecule has 0 aliphatic rings. The molecule has 17 heavy (non-hydrogen) atoms. The van der Waals surface area contributed by atoms with Crippen LogP contribution in [0.5, 0.6) is 0 Å². The Labute approximate surface area is 101 Å². The minimum atomic E-state index is 0.720. The molecule has 0 aromatic carbocycles. The highest BCUT2D eigenvalue weighted by Crippen LogP contribution is 2.03. The number of unbranched alkanes of at least 4 members (excludes halogenated alkanes) is 1. The van der Waals surface area contributed by atoms with Gasteiger partial charge in [-0.25, -0.2) is 4.68 Å². The molecule has 0 spiro atoms. The van der Waals surface area contributed by atoms with E-state index in [9.17, 15) is 0 Å². The van der Waals surface area contributed by atoms with Gasteiger partial charge in [-0.15, -0.1) is 5.10 Å². The van der Waals surface area contributed by atoms with E-state index in [0.717, 1.165) is 43.6 Å². The van der Waals surface area contributed by atoms with Crippen LogP contribution >= 0.6 is 0 Å². The summed E-state index contributed by atoms with van der Waals surface area (Å²) < 4.78 is 1.84. The number of nitrogens with zero attached hydrogens (tertiary/aromatic N) is 4. The second-order valence-corrected chi connectivity index (χ2v) is 4.01. The number of hydrogen-bond donors (Lipinski definition) is 1. The summed E-state index contributed by atoms with van der Waals surface area (Å²) in [6, 6.07) is 3.96. The standard InChI is InChI=1S/C12H17N5/c13-6-2-1-5-12-10-17(16-15-12)9-11-4-3-7-14-8-11/h3-4,7-8,10H,1-2,5-6,9,13H2. The van der Waals surface area contributed by atoms with E-state index in [4.69, 9.17) is 5.73 Å². The lowest BCUT2D eigenvalue weighted by atomic mass is 10.2. The van der Waals surface area contributed by atoms with E-state index in [1.54, 1.807) is 6.20 Å². The number of rotatable bonds is 6. The first-order valence-corrected chi connectivity index (χ1v) is 5.86. The predicted octanol–water partition coefficient (Wildman–Crippen LogP) is 1.00. The molecule has 0 amide bonds. The molecular weight excluding hydrogens is 214 g/mol. The van der Waals surface area contributed by atoms with Crippen LogP contribution in [-0.2, 0) is 13.0 Å². The van der Waals surface area contributed by atoms with E-state index in [2.05, 4.69) is 15.3 Å². The molecule has 90 valence electrons. The Morgan fingerprint density at radius 1 is 1.29 bits per heavy atom. The average molecular weight is 231 g/mol. The van der Waals surface area contributed by atoms with Gasteiger partial charge in [0.2, 0.25) is 0 Å². The van der Waals surface area contributed by atoms with Crippen molar-refractivity contribution in [1.29, 1.82) is 0 Å². The normalized spacial score (nSPS) is 10.6. The Kier molecular flexibility index (Phi) is 4.21. The summed E-state index contributed by atoms with van der Waals surface area (Å²) in [7, 11) is 0. The molecule has 0 saturated carbocycles. The number of aryl methyl sites for hydroxylation is 1. The number of nitrogens with two attached hydrogens (primary N) is 1. The molecule has 0 unspecified atom stereocenters. The van der Waals surface area contributed by atoms with Crippen molar-refractivity contribution < 1.29 is 0 Å². The van der Waals surface area contributed by atoms with Gasteiger partial charge in [0.15, 0.2) is 0 Å². The number of pyridine rings is 1. The molecule has 0 atom stereocenters. The maximum atomic E-state index is 5.45. The lowest BCUT2D eigenvalue weighted by molar-refractivity contribution is 0.647. The fraction of sp³-hybridized carbons (Fsp3) is 0.417. The fourth-order valence-electron chi connectivity index (χ4n) is 1.66. The minimum absolute atomic E-state index is 0.720. The van der Waals surface area contributed by atoms with Gasteiger partial charge in [0.25, 0.3) is 0 Å². The van der Waals surface area contributed by atoms with Crippen LogP contribution in [0.1, 0.15) is 24.1 Å². The van der Waals surface area contributed by atoms with Gasteiger partial charge in [0.05, 0.1) is 12.2 Å². The Balaban J connectivity index is 1.90. The average Bonchev–Trinajstić information content (AvgIpc) is 2.79. The van der Waals surface area contributed by atoms with Gasteiger partial charge in [-0.05, 0) is 37.4 Å². The van der Waals surface area contributed by atoms with Crippen molar-refractivity contribution in [2.75, 3.05) is 6.54 Å². The first-order valence-electron chi connectivity index (χ1n) is 5.86. The first-order chi connectivity index (χ1) is 8.38. The molecule has 0 fully saturated rings. The van der Waals surface area contributed by atoms with Gasteiger partial charge in [0.1, 0.15) is 0 Å². The molecule has 2 heterocycles. The van der Waals surface area contributed by atoms with Crippen molar-refractivity contribution in [3.63, 3.8) is 0 Å². The van der Waals surface area contributed by atoms with Crippen LogP contribution in [0.4, 0.5) is 0 Å². The molecule has 0 bridgehead atoms. The zero-order valence-electron chi connectivity index (χ0n) is 9.79. The van der Waals surface area contributed by atoms with Crippen LogP contribution < -0.4 is 5.73 Å². The molecule has 0 aliphatic heterocycles. The van der Waals surface area contributed by atoms with Crippen LogP contribution in [0.25, 0.3) is 0 Å². The van der Waals surface area contributed by atoms with Crippen LogP contribution in [-0.4, -0.2) is 26.5 Å². The zero-order valence-corrected chi connectivity index (χ0v) is 9.79. The largest absolute Gasteiger partial charge is 0.330 e. The number of aromatic nitrogens is 4. The van der Waals surface area contributed by atoms with Gasteiger partial charge < -0.3 is 5.73 Å². The Morgan fingerprint density at radius 2 is 2.24 bits per heavy atom. The molecule has 5 heteroatoms. The second kappa shape index (κ2) is 6.10. The molecule has 5 nitrogen and oxygen atoms in total. The SMILES string of the molecule is NCCCCc1cn(Cc2cccnc2)nn1. The summed E-state index contributed by atoms with van der Waals surface area (Å²) in [6.45, 7) is 1.46. The molecule has 2 N–H and O–H groups in total.